The SMILES string of the molecule is CCCCC/C=C\C/C=C\C/C=C\CCCCC(=O)OC(CCCCCCC)CC(=O)O. The lowest BCUT2D eigenvalue weighted by Crippen LogP contribution is -2.21. The number of allylic oxidation sites excluding steroid dienone is 6. The number of rotatable bonds is 22. The summed E-state index contributed by atoms with van der Waals surface area (Å²) in [6.45, 7) is 4.39. The average molecular weight is 449 g/mol. The Morgan fingerprint density at radius 3 is 1.84 bits per heavy atom. The van der Waals surface area contributed by atoms with Crippen molar-refractivity contribution in [3.8, 4) is 0 Å². The van der Waals surface area contributed by atoms with E-state index in [0.717, 1.165) is 51.4 Å². The number of unbranched alkanes of at least 4 members (excludes halogenated alkanes) is 9. The fourth-order valence-electron chi connectivity index (χ4n) is 3.44. The summed E-state index contributed by atoms with van der Waals surface area (Å²) in [6.07, 6.45) is 28.9. The van der Waals surface area contributed by atoms with Gasteiger partial charge in [0.2, 0.25) is 0 Å². The Balaban J connectivity index is 3.81. The molecule has 0 radical (unpaired) electrons. The normalized spacial score (nSPS) is 12.8. The lowest BCUT2D eigenvalue weighted by atomic mass is 10.1. The van der Waals surface area contributed by atoms with E-state index in [4.69, 9.17) is 9.84 Å². The highest BCUT2D eigenvalue weighted by molar-refractivity contribution is 5.71. The predicted octanol–water partition coefficient (Wildman–Crippen LogP) is 8.32. The van der Waals surface area contributed by atoms with Gasteiger partial charge in [0.1, 0.15) is 6.10 Å². The molecule has 4 nitrogen and oxygen atoms in total. The van der Waals surface area contributed by atoms with Crippen molar-refractivity contribution >= 4 is 11.9 Å². The monoisotopic (exact) mass is 448 g/mol. The van der Waals surface area contributed by atoms with E-state index in [1.165, 1.54) is 38.5 Å². The summed E-state index contributed by atoms with van der Waals surface area (Å²) in [7, 11) is 0. The fourth-order valence-corrected chi connectivity index (χ4v) is 3.44. The number of aliphatic carboxylic acids is 1. The number of ether oxygens (including phenoxy) is 1. The van der Waals surface area contributed by atoms with E-state index in [2.05, 4.69) is 50.3 Å². The molecule has 0 aromatic carbocycles. The van der Waals surface area contributed by atoms with Crippen molar-refractivity contribution in [3.05, 3.63) is 36.5 Å². The topological polar surface area (TPSA) is 63.6 Å². The fraction of sp³-hybridized carbons (Fsp3) is 0.714. The molecule has 0 aromatic heterocycles. The van der Waals surface area contributed by atoms with Gasteiger partial charge in [0.15, 0.2) is 0 Å². The van der Waals surface area contributed by atoms with Gasteiger partial charge in [-0.15, -0.1) is 0 Å². The van der Waals surface area contributed by atoms with Crippen molar-refractivity contribution in [3.63, 3.8) is 0 Å². The smallest absolute Gasteiger partial charge is 0.307 e. The Hall–Kier alpha value is -1.84. The van der Waals surface area contributed by atoms with Crippen LogP contribution in [0.5, 0.6) is 0 Å². The molecule has 0 fully saturated rings. The summed E-state index contributed by atoms with van der Waals surface area (Å²) >= 11 is 0. The summed E-state index contributed by atoms with van der Waals surface area (Å²) in [6, 6.07) is 0. The van der Waals surface area contributed by atoms with E-state index in [-0.39, 0.29) is 12.4 Å². The van der Waals surface area contributed by atoms with Gasteiger partial charge in [-0.3, -0.25) is 9.59 Å². The van der Waals surface area contributed by atoms with E-state index >= 15 is 0 Å². The second-order valence-electron chi connectivity index (χ2n) is 8.54. The molecule has 0 bridgehead atoms. The highest BCUT2D eigenvalue weighted by Crippen LogP contribution is 2.14. The summed E-state index contributed by atoms with van der Waals surface area (Å²) < 4.78 is 5.43. The van der Waals surface area contributed by atoms with Crippen LogP contribution in [0.25, 0.3) is 0 Å². The molecule has 0 aromatic rings. The first-order valence-electron chi connectivity index (χ1n) is 13.0. The number of carboxylic acids is 1. The molecular weight excluding hydrogens is 400 g/mol. The van der Waals surface area contributed by atoms with Gasteiger partial charge in [-0.05, 0) is 57.8 Å². The highest BCUT2D eigenvalue weighted by atomic mass is 16.5. The Morgan fingerprint density at radius 1 is 0.719 bits per heavy atom. The van der Waals surface area contributed by atoms with E-state index < -0.39 is 12.1 Å². The van der Waals surface area contributed by atoms with Gasteiger partial charge in [0.25, 0.3) is 0 Å². The van der Waals surface area contributed by atoms with Gasteiger partial charge in [-0.2, -0.15) is 0 Å². The maximum absolute atomic E-state index is 12.1. The molecule has 0 aliphatic carbocycles. The number of esters is 1. The molecule has 32 heavy (non-hydrogen) atoms. The molecule has 0 saturated heterocycles. The highest BCUT2D eigenvalue weighted by Gasteiger charge is 2.17. The summed E-state index contributed by atoms with van der Waals surface area (Å²) in [5.74, 6) is -1.17. The first kappa shape index (κ1) is 30.2. The molecule has 0 amide bonds. The van der Waals surface area contributed by atoms with E-state index in [1.807, 2.05) is 0 Å². The van der Waals surface area contributed by atoms with Gasteiger partial charge in [0, 0.05) is 6.42 Å². The van der Waals surface area contributed by atoms with Crippen molar-refractivity contribution in [2.75, 3.05) is 0 Å². The van der Waals surface area contributed by atoms with Crippen LogP contribution in [0.4, 0.5) is 0 Å². The van der Waals surface area contributed by atoms with Crippen LogP contribution in [-0.4, -0.2) is 23.1 Å². The van der Waals surface area contributed by atoms with Gasteiger partial charge >= 0.3 is 11.9 Å². The molecule has 0 rings (SSSR count). The molecule has 1 unspecified atom stereocenters. The van der Waals surface area contributed by atoms with E-state index in [9.17, 15) is 9.59 Å². The Kier molecular flexibility index (Phi) is 22.4. The lowest BCUT2D eigenvalue weighted by molar-refractivity contribution is -0.153. The lowest BCUT2D eigenvalue weighted by Gasteiger charge is -2.16. The van der Waals surface area contributed by atoms with Crippen molar-refractivity contribution in [2.24, 2.45) is 0 Å². The van der Waals surface area contributed by atoms with Crippen LogP contribution in [0.3, 0.4) is 0 Å². The average Bonchev–Trinajstić information content (AvgIpc) is 2.75. The third-order valence-corrected chi connectivity index (χ3v) is 5.35. The molecular formula is C28H48O4. The minimum atomic E-state index is -0.904. The molecule has 184 valence electrons. The Bertz CT molecular complexity index is 534. The standard InChI is InChI=1S/C28H48O4/c1-3-5-7-9-10-11-12-13-14-15-16-17-18-20-22-24-28(31)32-26(25-27(29)30)23-21-19-8-6-4-2/h10-11,13-14,16-17,26H,3-9,12,15,18-25H2,1-2H3,(H,29,30)/b11-10-,14-13-,17-16-. The first-order valence-corrected chi connectivity index (χ1v) is 13.0. The third kappa shape index (κ3) is 22.8. The molecule has 0 aliphatic rings. The number of carbonyl (C=O) groups excluding carboxylic acids is 1. The zero-order valence-corrected chi connectivity index (χ0v) is 20.7. The number of carbonyl (C=O) groups is 2. The van der Waals surface area contributed by atoms with Crippen LogP contribution >= 0.6 is 0 Å². The minimum Gasteiger partial charge on any atom is -0.481 e. The maximum atomic E-state index is 12.1. The molecule has 0 aliphatic heterocycles. The predicted molar refractivity (Wildman–Crippen MR) is 135 cm³/mol. The van der Waals surface area contributed by atoms with Gasteiger partial charge in [-0.25, -0.2) is 0 Å². The van der Waals surface area contributed by atoms with Crippen LogP contribution in [-0.2, 0) is 14.3 Å². The summed E-state index contributed by atoms with van der Waals surface area (Å²) in [5, 5.41) is 9.05. The third-order valence-electron chi connectivity index (χ3n) is 5.35. The number of hydrogen-bond donors (Lipinski definition) is 1. The molecule has 0 spiro atoms. The van der Waals surface area contributed by atoms with E-state index in [0.29, 0.717) is 12.8 Å². The van der Waals surface area contributed by atoms with Crippen LogP contribution in [0.2, 0.25) is 0 Å². The molecule has 0 saturated carbocycles. The van der Waals surface area contributed by atoms with Crippen molar-refractivity contribution in [1.82, 2.24) is 0 Å². The first-order chi connectivity index (χ1) is 15.6. The van der Waals surface area contributed by atoms with Crippen molar-refractivity contribution < 1.29 is 19.4 Å². The number of hydrogen-bond acceptors (Lipinski definition) is 3. The van der Waals surface area contributed by atoms with Crippen molar-refractivity contribution in [2.45, 2.75) is 129 Å². The summed E-state index contributed by atoms with van der Waals surface area (Å²) in [4.78, 5) is 23.1. The zero-order chi connectivity index (χ0) is 23.7. The second kappa shape index (κ2) is 23.8. The van der Waals surface area contributed by atoms with Gasteiger partial charge < -0.3 is 9.84 Å². The van der Waals surface area contributed by atoms with Crippen molar-refractivity contribution in [1.29, 1.82) is 0 Å². The molecule has 1 atom stereocenters. The second-order valence-corrected chi connectivity index (χ2v) is 8.54. The molecule has 4 heteroatoms. The minimum absolute atomic E-state index is 0.0928. The summed E-state index contributed by atoms with van der Waals surface area (Å²) in [5.41, 5.74) is 0. The maximum Gasteiger partial charge on any atom is 0.307 e. The molecule has 1 N–H and O–H groups in total. The molecule has 0 heterocycles. The number of carboxylic acid groups (broad SMARTS) is 1. The zero-order valence-electron chi connectivity index (χ0n) is 20.7. The van der Waals surface area contributed by atoms with E-state index in [1.54, 1.807) is 0 Å². The Labute approximate surface area is 197 Å². The van der Waals surface area contributed by atoms with Crippen LogP contribution in [0.1, 0.15) is 123 Å². The van der Waals surface area contributed by atoms with Gasteiger partial charge in [0.05, 0.1) is 6.42 Å². The quantitative estimate of drug-likeness (QED) is 0.103. The van der Waals surface area contributed by atoms with Crippen LogP contribution < -0.4 is 0 Å². The van der Waals surface area contributed by atoms with Crippen LogP contribution in [0, 0.1) is 0 Å². The van der Waals surface area contributed by atoms with Gasteiger partial charge in [-0.1, -0.05) is 88.8 Å². The van der Waals surface area contributed by atoms with Crippen LogP contribution in [0.15, 0.2) is 36.5 Å². The largest absolute Gasteiger partial charge is 0.481 e. The Morgan fingerprint density at radius 2 is 1.25 bits per heavy atom.